The van der Waals surface area contributed by atoms with E-state index < -0.39 is 12.3 Å². The van der Waals surface area contributed by atoms with Crippen LogP contribution >= 0.6 is 23.1 Å². The maximum Gasteiger partial charge on any atom is 0.263 e. The molecule has 4 rings (SSSR count). The van der Waals surface area contributed by atoms with Gasteiger partial charge in [0.25, 0.3) is 12.3 Å². The van der Waals surface area contributed by atoms with Crippen LogP contribution in [-0.2, 0) is 0 Å². The van der Waals surface area contributed by atoms with E-state index in [1.54, 1.807) is 6.20 Å². The first-order valence-corrected chi connectivity index (χ1v) is 10.2. The lowest BCUT2D eigenvalue weighted by molar-refractivity contribution is 0.102. The first kappa shape index (κ1) is 19.4. The molecule has 2 aromatic heterocycles. The minimum atomic E-state index is -2.57. The Morgan fingerprint density at radius 3 is 2.66 bits per heavy atom. The van der Waals surface area contributed by atoms with Crippen molar-refractivity contribution >= 4 is 45.0 Å². The molecule has 2 heterocycles. The number of aryl methyl sites for hydroxylation is 1. The summed E-state index contributed by atoms with van der Waals surface area (Å²) in [5, 5.41) is 12.1. The van der Waals surface area contributed by atoms with Gasteiger partial charge in [-0.3, -0.25) is 15.1 Å². The van der Waals surface area contributed by atoms with Crippen molar-refractivity contribution in [3.63, 3.8) is 0 Å². The molecule has 29 heavy (non-hydrogen) atoms. The molecule has 4 aromatic rings. The highest BCUT2D eigenvalue weighted by molar-refractivity contribution is 8.01. The molecular formula is C20H14F2N4OS2. The fourth-order valence-electron chi connectivity index (χ4n) is 2.67. The number of halogens is 2. The van der Waals surface area contributed by atoms with Gasteiger partial charge in [-0.15, -0.1) is 10.2 Å². The molecule has 9 heteroatoms. The standard InChI is InChI=1S/C20H14F2N4OS2/c1-11-2-7-14-15(10-11)23-9-8-16(14)28-20-26-25-19(29-20)24-18(27)13-5-3-12(4-6-13)17(21)22/h2-10,17H,1H3,(H,24,25,27). The number of rotatable bonds is 5. The topological polar surface area (TPSA) is 67.8 Å². The molecule has 0 bridgehead atoms. The summed E-state index contributed by atoms with van der Waals surface area (Å²) >= 11 is 2.68. The second-order valence-electron chi connectivity index (χ2n) is 6.18. The predicted molar refractivity (Wildman–Crippen MR) is 110 cm³/mol. The van der Waals surface area contributed by atoms with Gasteiger partial charge in [-0.1, -0.05) is 47.4 Å². The van der Waals surface area contributed by atoms with Crippen LogP contribution in [0.5, 0.6) is 0 Å². The second kappa shape index (κ2) is 8.22. The molecule has 1 amide bonds. The maximum atomic E-state index is 12.6. The van der Waals surface area contributed by atoms with Gasteiger partial charge in [-0.25, -0.2) is 8.78 Å². The number of fused-ring (bicyclic) bond motifs is 1. The zero-order chi connectivity index (χ0) is 20.4. The molecule has 0 aliphatic rings. The second-order valence-corrected chi connectivity index (χ2v) is 8.45. The summed E-state index contributed by atoms with van der Waals surface area (Å²) in [6.45, 7) is 2.02. The van der Waals surface area contributed by atoms with Crippen LogP contribution in [0.1, 0.15) is 27.9 Å². The molecule has 5 nitrogen and oxygen atoms in total. The molecule has 0 fully saturated rings. The minimum absolute atomic E-state index is 0.129. The Hall–Kier alpha value is -2.91. The van der Waals surface area contributed by atoms with Crippen molar-refractivity contribution in [2.75, 3.05) is 5.32 Å². The molecule has 0 aliphatic heterocycles. The number of anilines is 1. The first-order valence-electron chi connectivity index (χ1n) is 8.56. The van der Waals surface area contributed by atoms with Gasteiger partial charge in [0.05, 0.1) is 5.52 Å². The van der Waals surface area contributed by atoms with E-state index in [1.165, 1.54) is 47.4 Å². The average molecular weight is 428 g/mol. The minimum Gasteiger partial charge on any atom is -0.296 e. The SMILES string of the molecule is Cc1ccc2c(Sc3nnc(NC(=O)c4ccc(C(F)F)cc4)s3)ccnc2c1. The third-order valence-corrected chi connectivity index (χ3v) is 6.07. The van der Waals surface area contributed by atoms with Gasteiger partial charge in [0.1, 0.15) is 0 Å². The number of alkyl halides is 2. The number of benzene rings is 2. The van der Waals surface area contributed by atoms with Gasteiger partial charge in [-0.05, 0) is 36.8 Å². The molecule has 0 aliphatic carbocycles. The van der Waals surface area contributed by atoms with Crippen LogP contribution in [0.15, 0.2) is 64.0 Å². The lowest BCUT2D eigenvalue weighted by Gasteiger charge is -2.04. The molecule has 1 N–H and O–H groups in total. The number of aromatic nitrogens is 3. The molecule has 0 atom stereocenters. The van der Waals surface area contributed by atoms with E-state index in [0.717, 1.165) is 21.4 Å². The Bertz CT molecular complexity index is 1180. The lowest BCUT2D eigenvalue weighted by Crippen LogP contribution is -2.11. The molecule has 0 unspecified atom stereocenters. The van der Waals surface area contributed by atoms with Crippen molar-refractivity contribution in [3.05, 3.63) is 71.4 Å². The lowest BCUT2D eigenvalue weighted by atomic mass is 10.1. The first-order chi connectivity index (χ1) is 14.0. The fourth-order valence-corrected chi connectivity index (χ4v) is 4.49. The van der Waals surface area contributed by atoms with Gasteiger partial charge < -0.3 is 0 Å². The van der Waals surface area contributed by atoms with Crippen molar-refractivity contribution in [2.45, 2.75) is 22.6 Å². The Balaban J connectivity index is 1.48. The molecule has 0 saturated heterocycles. The summed E-state index contributed by atoms with van der Waals surface area (Å²) in [7, 11) is 0. The van der Waals surface area contributed by atoms with Gasteiger partial charge in [-0.2, -0.15) is 0 Å². The molecule has 0 radical (unpaired) electrons. The summed E-state index contributed by atoms with van der Waals surface area (Å²) in [4.78, 5) is 17.7. The molecule has 2 aromatic carbocycles. The van der Waals surface area contributed by atoms with Crippen LogP contribution in [0.3, 0.4) is 0 Å². The van der Waals surface area contributed by atoms with Gasteiger partial charge in [0, 0.05) is 27.6 Å². The van der Waals surface area contributed by atoms with E-state index in [1.807, 2.05) is 31.2 Å². The van der Waals surface area contributed by atoms with Crippen LogP contribution in [0, 0.1) is 6.92 Å². The van der Waals surface area contributed by atoms with Crippen molar-refractivity contribution in [2.24, 2.45) is 0 Å². The van der Waals surface area contributed by atoms with Crippen LogP contribution in [-0.4, -0.2) is 21.1 Å². The van der Waals surface area contributed by atoms with Gasteiger partial charge >= 0.3 is 0 Å². The Morgan fingerprint density at radius 1 is 1.10 bits per heavy atom. The number of carbonyl (C=O) groups excluding carboxylic acids is 1. The average Bonchev–Trinajstić information content (AvgIpc) is 3.14. The third-order valence-electron chi connectivity index (χ3n) is 4.11. The van der Waals surface area contributed by atoms with Crippen molar-refractivity contribution in [3.8, 4) is 0 Å². The highest BCUT2D eigenvalue weighted by Gasteiger charge is 2.14. The van der Waals surface area contributed by atoms with Crippen LogP contribution in [0.4, 0.5) is 13.9 Å². The number of nitrogens with zero attached hydrogens (tertiary/aromatic N) is 3. The van der Waals surface area contributed by atoms with E-state index in [0.29, 0.717) is 9.47 Å². The number of amides is 1. The highest BCUT2D eigenvalue weighted by Crippen LogP contribution is 2.35. The normalized spacial score (nSPS) is 11.2. The molecule has 146 valence electrons. The van der Waals surface area contributed by atoms with Crippen LogP contribution < -0.4 is 5.32 Å². The summed E-state index contributed by atoms with van der Waals surface area (Å²) in [6.07, 6.45) is -0.820. The fraction of sp³-hybridized carbons (Fsp3) is 0.100. The smallest absolute Gasteiger partial charge is 0.263 e. The Labute approximate surface area is 173 Å². The van der Waals surface area contributed by atoms with Crippen molar-refractivity contribution in [1.29, 1.82) is 0 Å². The van der Waals surface area contributed by atoms with Crippen LogP contribution in [0.25, 0.3) is 10.9 Å². The quantitative estimate of drug-likeness (QED) is 0.411. The molecule has 0 spiro atoms. The summed E-state index contributed by atoms with van der Waals surface area (Å²) in [5.74, 6) is -0.427. The largest absolute Gasteiger partial charge is 0.296 e. The van der Waals surface area contributed by atoms with Crippen molar-refractivity contribution in [1.82, 2.24) is 15.2 Å². The van der Waals surface area contributed by atoms with E-state index >= 15 is 0 Å². The number of carbonyl (C=O) groups is 1. The zero-order valence-corrected chi connectivity index (χ0v) is 16.7. The van der Waals surface area contributed by atoms with E-state index in [9.17, 15) is 13.6 Å². The van der Waals surface area contributed by atoms with E-state index in [2.05, 4.69) is 20.5 Å². The van der Waals surface area contributed by atoms with Gasteiger partial charge in [0.15, 0.2) is 4.34 Å². The third kappa shape index (κ3) is 4.41. The Kier molecular flexibility index (Phi) is 5.50. The number of hydrogen-bond acceptors (Lipinski definition) is 6. The predicted octanol–water partition coefficient (Wildman–Crippen LogP) is 5.74. The molecular weight excluding hydrogens is 414 g/mol. The van der Waals surface area contributed by atoms with E-state index in [-0.39, 0.29) is 11.1 Å². The summed E-state index contributed by atoms with van der Waals surface area (Å²) in [5.41, 5.74) is 2.18. The van der Waals surface area contributed by atoms with E-state index in [4.69, 9.17) is 0 Å². The number of nitrogens with one attached hydrogen (secondary N) is 1. The molecule has 0 saturated carbocycles. The Morgan fingerprint density at radius 2 is 1.90 bits per heavy atom. The van der Waals surface area contributed by atoms with Crippen molar-refractivity contribution < 1.29 is 13.6 Å². The zero-order valence-electron chi connectivity index (χ0n) is 15.1. The monoisotopic (exact) mass is 428 g/mol. The maximum absolute atomic E-state index is 12.6. The highest BCUT2D eigenvalue weighted by atomic mass is 32.2. The van der Waals surface area contributed by atoms with Gasteiger partial charge in [0.2, 0.25) is 5.13 Å². The summed E-state index contributed by atoms with van der Waals surface area (Å²) in [6, 6.07) is 13.2. The number of hydrogen-bond donors (Lipinski definition) is 1. The van der Waals surface area contributed by atoms with Crippen LogP contribution in [0.2, 0.25) is 0 Å². The summed E-state index contributed by atoms with van der Waals surface area (Å²) < 4.78 is 25.9. The number of pyridine rings is 1.